The van der Waals surface area contributed by atoms with Gasteiger partial charge in [0.15, 0.2) is 0 Å². The SMILES string of the molecule is N#Cc1ccc(OCC2Cc3ccccc3CN2C(=O)c2cccc3ccccc23)cc1. The van der Waals surface area contributed by atoms with Gasteiger partial charge in [0.1, 0.15) is 12.4 Å². The Morgan fingerprint density at radius 1 is 0.906 bits per heavy atom. The predicted molar refractivity (Wildman–Crippen MR) is 124 cm³/mol. The lowest BCUT2D eigenvalue weighted by atomic mass is 9.93. The summed E-state index contributed by atoms with van der Waals surface area (Å²) in [6, 6.07) is 31.3. The van der Waals surface area contributed by atoms with E-state index >= 15 is 0 Å². The number of ether oxygens (including phenoxy) is 1. The van der Waals surface area contributed by atoms with Gasteiger partial charge < -0.3 is 9.64 Å². The molecule has 0 spiro atoms. The van der Waals surface area contributed by atoms with Crippen LogP contribution in [0.3, 0.4) is 0 Å². The van der Waals surface area contributed by atoms with Crippen LogP contribution in [0.4, 0.5) is 0 Å². The second-order valence-corrected chi connectivity index (χ2v) is 8.03. The van der Waals surface area contributed by atoms with Gasteiger partial charge in [-0.15, -0.1) is 0 Å². The summed E-state index contributed by atoms with van der Waals surface area (Å²) in [4.78, 5) is 15.7. The van der Waals surface area contributed by atoms with E-state index in [0.717, 1.165) is 17.2 Å². The highest BCUT2D eigenvalue weighted by Gasteiger charge is 2.31. The van der Waals surface area contributed by atoms with Crippen molar-refractivity contribution in [2.24, 2.45) is 0 Å². The molecule has 5 rings (SSSR count). The lowest BCUT2D eigenvalue weighted by molar-refractivity contribution is 0.0568. The maximum Gasteiger partial charge on any atom is 0.255 e. The van der Waals surface area contributed by atoms with Gasteiger partial charge >= 0.3 is 0 Å². The van der Waals surface area contributed by atoms with Crippen LogP contribution in [-0.4, -0.2) is 23.5 Å². The number of carbonyl (C=O) groups is 1. The van der Waals surface area contributed by atoms with Crippen molar-refractivity contribution >= 4 is 16.7 Å². The van der Waals surface area contributed by atoms with E-state index < -0.39 is 0 Å². The molecular formula is C28H22N2O2. The molecule has 1 atom stereocenters. The Kier molecular flexibility index (Phi) is 5.31. The summed E-state index contributed by atoms with van der Waals surface area (Å²) in [7, 11) is 0. The first-order chi connectivity index (χ1) is 15.7. The van der Waals surface area contributed by atoms with Crippen molar-refractivity contribution in [3.63, 3.8) is 0 Å². The summed E-state index contributed by atoms with van der Waals surface area (Å²) in [6.45, 7) is 0.941. The molecule has 1 aliphatic heterocycles. The van der Waals surface area contributed by atoms with Crippen LogP contribution in [-0.2, 0) is 13.0 Å². The van der Waals surface area contributed by atoms with E-state index in [1.807, 2.05) is 59.5 Å². The molecule has 4 aromatic rings. The van der Waals surface area contributed by atoms with Crippen LogP contribution in [0.25, 0.3) is 10.8 Å². The van der Waals surface area contributed by atoms with Crippen LogP contribution in [0.5, 0.6) is 5.75 Å². The lowest BCUT2D eigenvalue weighted by Gasteiger charge is -2.37. The molecule has 4 heteroatoms. The molecule has 0 radical (unpaired) electrons. The second-order valence-electron chi connectivity index (χ2n) is 8.03. The number of rotatable bonds is 4. The average Bonchev–Trinajstić information content (AvgIpc) is 2.86. The zero-order valence-electron chi connectivity index (χ0n) is 17.6. The second kappa shape index (κ2) is 8.56. The molecule has 0 saturated heterocycles. The van der Waals surface area contributed by atoms with E-state index in [1.165, 1.54) is 11.1 Å². The Bertz CT molecular complexity index is 1320. The van der Waals surface area contributed by atoms with Gasteiger partial charge in [0.25, 0.3) is 5.91 Å². The molecule has 0 fully saturated rings. The van der Waals surface area contributed by atoms with E-state index in [-0.39, 0.29) is 11.9 Å². The van der Waals surface area contributed by atoms with Crippen LogP contribution < -0.4 is 4.74 Å². The van der Waals surface area contributed by atoms with Gasteiger partial charge in [0, 0.05) is 12.1 Å². The molecule has 0 N–H and O–H groups in total. The van der Waals surface area contributed by atoms with Gasteiger partial charge in [-0.05, 0) is 58.7 Å². The zero-order chi connectivity index (χ0) is 21.9. The molecule has 0 aliphatic carbocycles. The molecule has 4 nitrogen and oxygen atoms in total. The Morgan fingerprint density at radius 3 is 2.44 bits per heavy atom. The largest absolute Gasteiger partial charge is 0.491 e. The molecule has 32 heavy (non-hydrogen) atoms. The van der Waals surface area contributed by atoms with Crippen molar-refractivity contribution < 1.29 is 9.53 Å². The van der Waals surface area contributed by atoms with Crippen molar-refractivity contribution in [1.29, 1.82) is 5.26 Å². The Labute approximate surface area is 187 Å². The van der Waals surface area contributed by atoms with Crippen molar-refractivity contribution in [1.82, 2.24) is 4.90 Å². The summed E-state index contributed by atoms with van der Waals surface area (Å²) in [5.74, 6) is 0.713. The summed E-state index contributed by atoms with van der Waals surface area (Å²) in [5.41, 5.74) is 3.74. The van der Waals surface area contributed by atoms with Crippen molar-refractivity contribution in [3.8, 4) is 11.8 Å². The van der Waals surface area contributed by atoms with Crippen LogP contribution in [0.2, 0.25) is 0 Å². The topological polar surface area (TPSA) is 53.3 Å². The molecule has 1 aliphatic rings. The Balaban J connectivity index is 1.45. The maximum absolute atomic E-state index is 13.8. The smallest absolute Gasteiger partial charge is 0.255 e. The first-order valence-corrected chi connectivity index (χ1v) is 10.7. The highest BCUT2D eigenvalue weighted by Crippen LogP contribution is 2.28. The van der Waals surface area contributed by atoms with Crippen molar-refractivity contribution in [2.75, 3.05) is 6.61 Å². The van der Waals surface area contributed by atoms with Gasteiger partial charge in [0.2, 0.25) is 0 Å². The fraction of sp³-hybridized carbons (Fsp3) is 0.143. The molecule has 4 aromatic carbocycles. The number of nitrogens with zero attached hydrogens (tertiary/aromatic N) is 2. The molecular weight excluding hydrogens is 396 g/mol. The van der Waals surface area contributed by atoms with Gasteiger partial charge in [-0.25, -0.2) is 0 Å². The third kappa shape index (κ3) is 3.81. The highest BCUT2D eigenvalue weighted by molar-refractivity contribution is 6.07. The molecule has 0 aromatic heterocycles. The van der Waals surface area contributed by atoms with Crippen LogP contribution in [0.1, 0.15) is 27.0 Å². The van der Waals surface area contributed by atoms with E-state index in [9.17, 15) is 4.79 Å². The van der Waals surface area contributed by atoms with Gasteiger partial charge in [-0.1, -0.05) is 60.7 Å². The number of fused-ring (bicyclic) bond motifs is 2. The summed E-state index contributed by atoms with van der Waals surface area (Å²) in [6.07, 6.45) is 0.739. The van der Waals surface area contributed by atoms with Gasteiger partial charge in [0.05, 0.1) is 17.7 Å². The fourth-order valence-corrected chi connectivity index (χ4v) is 4.36. The standard InChI is InChI=1S/C28H22N2O2/c29-17-20-12-14-25(15-13-20)32-19-24-16-22-7-1-2-8-23(22)18-30(24)28(31)27-11-5-9-21-6-3-4-10-26(21)27/h1-15,24H,16,18-19H2. The quantitative estimate of drug-likeness (QED) is 0.448. The molecule has 0 bridgehead atoms. The monoisotopic (exact) mass is 418 g/mol. The number of hydrogen-bond donors (Lipinski definition) is 0. The minimum Gasteiger partial charge on any atom is -0.491 e. The van der Waals surface area contributed by atoms with Crippen molar-refractivity contribution in [3.05, 3.63) is 113 Å². The first kappa shape index (κ1) is 19.8. The Hall–Kier alpha value is -4.10. The fourth-order valence-electron chi connectivity index (χ4n) is 4.36. The van der Waals surface area contributed by atoms with E-state index in [1.54, 1.807) is 24.3 Å². The molecule has 1 amide bonds. The zero-order valence-corrected chi connectivity index (χ0v) is 17.6. The highest BCUT2D eigenvalue weighted by atomic mass is 16.5. The predicted octanol–water partition coefficient (Wildman–Crippen LogP) is 5.36. The third-order valence-electron chi connectivity index (χ3n) is 6.06. The van der Waals surface area contributed by atoms with Gasteiger partial charge in [-0.3, -0.25) is 4.79 Å². The van der Waals surface area contributed by atoms with E-state index in [4.69, 9.17) is 10.00 Å². The van der Waals surface area contributed by atoms with E-state index in [0.29, 0.717) is 30.0 Å². The summed E-state index contributed by atoms with van der Waals surface area (Å²) < 4.78 is 6.06. The van der Waals surface area contributed by atoms with Crippen molar-refractivity contribution in [2.45, 2.75) is 19.0 Å². The maximum atomic E-state index is 13.8. The molecule has 1 unspecified atom stereocenters. The number of benzene rings is 4. The first-order valence-electron chi connectivity index (χ1n) is 10.7. The molecule has 1 heterocycles. The summed E-state index contributed by atoms with van der Waals surface area (Å²) in [5, 5.41) is 11.0. The number of hydrogen-bond acceptors (Lipinski definition) is 3. The minimum atomic E-state index is -0.0907. The van der Waals surface area contributed by atoms with E-state index in [2.05, 4.69) is 18.2 Å². The summed E-state index contributed by atoms with van der Waals surface area (Å²) >= 11 is 0. The lowest BCUT2D eigenvalue weighted by Crippen LogP contribution is -2.47. The minimum absolute atomic E-state index is 0.0183. The van der Waals surface area contributed by atoms with Crippen LogP contribution in [0.15, 0.2) is 91.0 Å². The number of carbonyl (C=O) groups excluding carboxylic acids is 1. The average molecular weight is 418 g/mol. The third-order valence-corrected chi connectivity index (χ3v) is 6.06. The number of amides is 1. The normalized spacial score (nSPS) is 15.1. The number of nitriles is 1. The van der Waals surface area contributed by atoms with Crippen LogP contribution >= 0.6 is 0 Å². The Morgan fingerprint density at radius 2 is 1.62 bits per heavy atom. The molecule has 0 saturated carbocycles. The molecule has 156 valence electrons. The van der Waals surface area contributed by atoms with Gasteiger partial charge in [-0.2, -0.15) is 5.26 Å². The van der Waals surface area contributed by atoms with Crippen LogP contribution in [0, 0.1) is 11.3 Å².